The van der Waals surface area contributed by atoms with E-state index in [0.717, 1.165) is 0 Å². The monoisotopic (exact) mass is 160 g/mol. The molecule has 0 amide bonds. The van der Waals surface area contributed by atoms with E-state index in [9.17, 15) is 22.0 Å². The Morgan fingerprint density at radius 1 is 1.10 bits per heavy atom. The molecule has 0 saturated heterocycles. The third-order valence-corrected chi connectivity index (χ3v) is 1.43. The smallest absolute Gasteiger partial charge is 0.241 e. The fourth-order valence-corrected chi connectivity index (χ4v) is 0.939. The van der Waals surface area contributed by atoms with Crippen LogP contribution in [0.15, 0.2) is 0 Å². The zero-order chi connectivity index (χ0) is 7.99. The highest BCUT2D eigenvalue weighted by Crippen LogP contribution is 2.46. The summed E-state index contributed by atoms with van der Waals surface area (Å²) in [5.74, 6) is -7.35. The number of hydrogen-bond donors (Lipinski definition) is 0. The number of halogens is 5. The topological polar surface area (TPSA) is 0 Å². The molecule has 0 bridgehead atoms. The average molecular weight is 160 g/mol. The van der Waals surface area contributed by atoms with E-state index in [4.69, 9.17) is 0 Å². The minimum absolute atomic E-state index is 1.35. The molecule has 10 heavy (non-hydrogen) atoms. The molecule has 1 aliphatic carbocycles. The lowest BCUT2D eigenvalue weighted by molar-refractivity contribution is -0.0708. The van der Waals surface area contributed by atoms with E-state index in [1.165, 1.54) is 0 Å². The van der Waals surface area contributed by atoms with Gasteiger partial charge in [-0.1, -0.05) is 0 Å². The van der Waals surface area contributed by atoms with Crippen LogP contribution in [0, 0.1) is 0 Å². The second-order valence-electron chi connectivity index (χ2n) is 2.47. The second kappa shape index (κ2) is 1.83. The molecule has 1 rings (SSSR count). The van der Waals surface area contributed by atoms with E-state index < -0.39 is 30.9 Å². The van der Waals surface area contributed by atoms with Crippen molar-refractivity contribution in [2.45, 2.75) is 30.9 Å². The minimum atomic E-state index is -3.83. The van der Waals surface area contributed by atoms with Gasteiger partial charge in [-0.25, -0.2) is 22.0 Å². The molecule has 1 fully saturated rings. The van der Waals surface area contributed by atoms with E-state index in [2.05, 4.69) is 0 Å². The van der Waals surface area contributed by atoms with Crippen molar-refractivity contribution in [1.29, 1.82) is 0 Å². The van der Waals surface area contributed by atoms with Crippen molar-refractivity contribution in [3.63, 3.8) is 0 Å². The summed E-state index contributed by atoms with van der Waals surface area (Å²) in [5, 5.41) is 0. The first-order valence-electron chi connectivity index (χ1n) is 2.73. The van der Waals surface area contributed by atoms with E-state index in [1.807, 2.05) is 0 Å². The summed E-state index contributed by atoms with van der Waals surface area (Å²) in [5.41, 5.74) is 0. The van der Waals surface area contributed by atoms with Gasteiger partial charge in [0.2, 0.25) is 0 Å². The maximum atomic E-state index is 12.0. The molecule has 0 radical (unpaired) electrons. The molecule has 0 heterocycles. The van der Waals surface area contributed by atoms with Crippen LogP contribution >= 0.6 is 0 Å². The van der Waals surface area contributed by atoms with Crippen LogP contribution in [-0.2, 0) is 0 Å². The summed E-state index contributed by atoms with van der Waals surface area (Å²) in [4.78, 5) is 0. The number of hydrogen-bond acceptors (Lipinski definition) is 0. The summed E-state index contributed by atoms with van der Waals surface area (Å²) in [6.45, 7) is 0. The van der Waals surface area contributed by atoms with Gasteiger partial charge in [0.25, 0.3) is 11.8 Å². The molecule has 0 aromatic heterocycles. The average Bonchev–Trinajstić information content (AvgIpc) is 1.73. The van der Waals surface area contributed by atoms with Crippen molar-refractivity contribution in [2.75, 3.05) is 0 Å². The lowest BCUT2D eigenvalue weighted by atomic mass is 10.3. The fourth-order valence-electron chi connectivity index (χ4n) is 0.939. The fraction of sp³-hybridized carbons (Fsp3) is 1.00. The van der Waals surface area contributed by atoms with Gasteiger partial charge >= 0.3 is 0 Å². The number of alkyl halides is 5. The van der Waals surface area contributed by atoms with E-state index in [1.54, 1.807) is 0 Å². The first-order valence-corrected chi connectivity index (χ1v) is 2.73. The molecule has 0 aromatic carbocycles. The van der Waals surface area contributed by atoms with Crippen molar-refractivity contribution >= 4 is 0 Å². The van der Waals surface area contributed by atoms with Gasteiger partial charge in [-0.05, 0) is 0 Å². The molecule has 0 nitrogen and oxygen atoms in total. The zero-order valence-corrected chi connectivity index (χ0v) is 4.88. The van der Waals surface area contributed by atoms with Crippen LogP contribution in [0.4, 0.5) is 22.0 Å². The molecule has 1 unspecified atom stereocenters. The van der Waals surface area contributed by atoms with Crippen molar-refractivity contribution in [3.05, 3.63) is 0 Å². The molecule has 1 saturated carbocycles. The Labute approximate surface area is 54.0 Å². The van der Waals surface area contributed by atoms with E-state index >= 15 is 0 Å². The van der Waals surface area contributed by atoms with Crippen molar-refractivity contribution < 1.29 is 22.0 Å². The van der Waals surface area contributed by atoms with Crippen molar-refractivity contribution in [2.24, 2.45) is 0 Å². The molecular weight excluding hydrogens is 155 g/mol. The summed E-state index contributed by atoms with van der Waals surface area (Å²) < 4.78 is 59.9. The molecule has 1 aliphatic rings. The van der Waals surface area contributed by atoms with Gasteiger partial charge in [0.15, 0.2) is 6.17 Å². The van der Waals surface area contributed by atoms with Crippen molar-refractivity contribution in [1.82, 2.24) is 0 Å². The summed E-state index contributed by atoms with van der Waals surface area (Å²) in [6.07, 6.45) is -5.68. The van der Waals surface area contributed by atoms with Crippen LogP contribution in [-0.4, -0.2) is 18.0 Å². The Hall–Kier alpha value is -0.350. The predicted molar refractivity (Wildman–Crippen MR) is 24.0 cm³/mol. The Kier molecular flexibility index (Phi) is 1.42. The largest absolute Gasteiger partial charge is 0.284 e. The Morgan fingerprint density at radius 2 is 1.60 bits per heavy atom. The summed E-state index contributed by atoms with van der Waals surface area (Å²) in [6, 6.07) is 0. The lowest BCUT2D eigenvalue weighted by Gasteiger charge is -2.08. The zero-order valence-electron chi connectivity index (χ0n) is 4.88. The molecule has 5 heteroatoms. The maximum absolute atomic E-state index is 12.0. The molecule has 0 spiro atoms. The van der Waals surface area contributed by atoms with Gasteiger partial charge in [-0.2, -0.15) is 0 Å². The van der Waals surface area contributed by atoms with Gasteiger partial charge in [-0.15, -0.1) is 0 Å². The summed E-state index contributed by atoms with van der Waals surface area (Å²) in [7, 11) is 0. The first kappa shape index (κ1) is 7.75. The van der Waals surface area contributed by atoms with Crippen LogP contribution in [0.25, 0.3) is 0 Å². The highest BCUT2D eigenvalue weighted by atomic mass is 19.3. The molecule has 0 aliphatic heterocycles. The maximum Gasteiger partial charge on any atom is 0.284 e. The molecule has 1 atom stereocenters. The molecule has 0 aromatic rings. The third kappa shape index (κ3) is 1.22. The highest BCUT2D eigenvalue weighted by Gasteiger charge is 2.58. The van der Waals surface area contributed by atoms with Crippen LogP contribution in [0.5, 0.6) is 0 Å². The lowest BCUT2D eigenvalue weighted by Crippen LogP contribution is -2.22. The first-order chi connectivity index (χ1) is 4.33. The van der Waals surface area contributed by atoms with Gasteiger partial charge in [0.1, 0.15) is 0 Å². The standard InChI is InChI=1S/C5H5F5/c6-3-1-4(7,8)2-5(3,9)10/h3H,1-2H2. The second-order valence-corrected chi connectivity index (χ2v) is 2.47. The number of rotatable bonds is 0. The quantitative estimate of drug-likeness (QED) is 0.477. The Bertz CT molecular complexity index is 141. The van der Waals surface area contributed by atoms with Gasteiger partial charge in [-0.3, -0.25) is 0 Å². The van der Waals surface area contributed by atoms with E-state index in [0.29, 0.717) is 0 Å². The Balaban J connectivity index is 2.71. The van der Waals surface area contributed by atoms with Gasteiger partial charge in [0.05, 0.1) is 6.42 Å². The normalized spacial score (nSPS) is 36.3. The third-order valence-electron chi connectivity index (χ3n) is 1.43. The molecule has 0 N–H and O–H groups in total. The van der Waals surface area contributed by atoms with Crippen LogP contribution < -0.4 is 0 Å². The molecular formula is C5H5F5. The van der Waals surface area contributed by atoms with Gasteiger partial charge < -0.3 is 0 Å². The van der Waals surface area contributed by atoms with Crippen LogP contribution in [0.2, 0.25) is 0 Å². The minimum Gasteiger partial charge on any atom is -0.241 e. The SMILES string of the molecule is FC1CC(F)(F)CC1(F)F. The highest BCUT2D eigenvalue weighted by molar-refractivity contribution is 4.94. The van der Waals surface area contributed by atoms with E-state index in [-0.39, 0.29) is 0 Å². The predicted octanol–water partition coefficient (Wildman–Crippen LogP) is 2.39. The van der Waals surface area contributed by atoms with Crippen molar-refractivity contribution in [3.8, 4) is 0 Å². The van der Waals surface area contributed by atoms with Crippen LogP contribution in [0.3, 0.4) is 0 Å². The summed E-state index contributed by atoms with van der Waals surface area (Å²) >= 11 is 0. The van der Waals surface area contributed by atoms with Crippen LogP contribution in [0.1, 0.15) is 12.8 Å². The Morgan fingerprint density at radius 3 is 1.70 bits per heavy atom. The van der Waals surface area contributed by atoms with Gasteiger partial charge in [0, 0.05) is 6.42 Å². The molecule has 60 valence electrons.